The standard InChI is InChI=1S/C30H21F2N7O2S/c1-17(40)34-20-7-3-8-21(16-20)36-29-33-12-11-24(37-29)27-26(38-30-39(27)13-14-42-30)18-5-2-6-19(15-18)35-28(41)25-22(31)9-4-10-23(25)32/h2-16H,1H3,(H,34,40)(H,35,41)(H,33,36,37). The van der Waals surface area contributed by atoms with Gasteiger partial charge in [-0.3, -0.25) is 14.0 Å². The van der Waals surface area contributed by atoms with Crippen LogP contribution in [0.5, 0.6) is 0 Å². The second-order valence-electron chi connectivity index (χ2n) is 9.15. The number of carbonyl (C=O) groups excluding carboxylic acids is 2. The van der Waals surface area contributed by atoms with Crippen LogP contribution in [0.3, 0.4) is 0 Å². The molecule has 9 nitrogen and oxygen atoms in total. The van der Waals surface area contributed by atoms with Gasteiger partial charge in [-0.05, 0) is 48.5 Å². The van der Waals surface area contributed by atoms with Gasteiger partial charge in [0.25, 0.3) is 5.91 Å². The number of benzene rings is 3. The lowest BCUT2D eigenvalue weighted by atomic mass is 10.1. The first-order valence-corrected chi connectivity index (χ1v) is 13.5. The Hall–Kier alpha value is -5.49. The van der Waals surface area contributed by atoms with Gasteiger partial charge in [0.2, 0.25) is 11.9 Å². The quantitative estimate of drug-likeness (QED) is 0.192. The average molecular weight is 582 g/mol. The number of amides is 2. The van der Waals surface area contributed by atoms with Gasteiger partial charge < -0.3 is 16.0 Å². The van der Waals surface area contributed by atoms with Gasteiger partial charge in [-0.15, -0.1) is 11.3 Å². The predicted molar refractivity (Wildman–Crippen MR) is 158 cm³/mol. The molecule has 12 heteroatoms. The van der Waals surface area contributed by atoms with Crippen LogP contribution in [0.25, 0.3) is 27.6 Å². The molecule has 0 bridgehead atoms. The largest absolute Gasteiger partial charge is 0.326 e. The van der Waals surface area contributed by atoms with Crippen LogP contribution >= 0.6 is 11.3 Å². The van der Waals surface area contributed by atoms with E-state index >= 15 is 0 Å². The number of hydrogen-bond acceptors (Lipinski definition) is 7. The highest BCUT2D eigenvalue weighted by atomic mass is 32.1. The smallest absolute Gasteiger partial charge is 0.261 e. The average Bonchev–Trinajstić information content (AvgIpc) is 3.55. The Kier molecular flexibility index (Phi) is 7.11. The molecule has 0 aliphatic carbocycles. The predicted octanol–water partition coefficient (Wildman–Crippen LogP) is 6.75. The molecule has 0 unspecified atom stereocenters. The maximum atomic E-state index is 14.2. The van der Waals surface area contributed by atoms with Crippen molar-refractivity contribution >= 4 is 51.1 Å². The third-order valence-electron chi connectivity index (χ3n) is 6.18. The van der Waals surface area contributed by atoms with Crippen molar-refractivity contribution in [2.75, 3.05) is 16.0 Å². The fourth-order valence-electron chi connectivity index (χ4n) is 4.44. The van der Waals surface area contributed by atoms with E-state index in [0.29, 0.717) is 45.7 Å². The van der Waals surface area contributed by atoms with Crippen LogP contribution in [0.2, 0.25) is 0 Å². The molecule has 3 aromatic heterocycles. The molecule has 0 spiro atoms. The Morgan fingerprint density at radius 1 is 0.857 bits per heavy atom. The zero-order valence-corrected chi connectivity index (χ0v) is 22.7. The molecule has 0 saturated heterocycles. The van der Waals surface area contributed by atoms with Gasteiger partial charge in [0, 0.05) is 47.3 Å². The molecular weight excluding hydrogens is 560 g/mol. The maximum Gasteiger partial charge on any atom is 0.261 e. The maximum absolute atomic E-state index is 14.2. The van der Waals surface area contributed by atoms with Crippen molar-refractivity contribution < 1.29 is 18.4 Å². The number of anilines is 4. The fourth-order valence-corrected chi connectivity index (χ4v) is 5.16. The molecule has 3 heterocycles. The Labute approximate surface area is 241 Å². The van der Waals surface area contributed by atoms with E-state index in [1.807, 2.05) is 28.1 Å². The molecule has 0 aliphatic rings. The van der Waals surface area contributed by atoms with E-state index in [1.54, 1.807) is 48.7 Å². The van der Waals surface area contributed by atoms with E-state index in [2.05, 4.69) is 20.9 Å². The highest BCUT2D eigenvalue weighted by Gasteiger charge is 2.21. The highest BCUT2D eigenvalue weighted by molar-refractivity contribution is 7.15. The number of carbonyl (C=O) groups is 2. The molecule has 0 saturated carbocycles. The first-order valence-electron chi connectivity index (χ1n) is 12.6. The zero-order chi connectivity index (χ0) is 29.2. The summed E-state index contributed by atoms with van der Waals surface area (Å²) in [4.78, 5) is 38.7. The topological polar surface area (TPSA) is 113 Å². The van der Waals surface area contributed by atoms with Crippen LogP contribution in [0.4, 0.5) is 31.8 Å². The third kappa shape index (κ3) is 5.43. The molecule has 208 valence electrons. The Morgan fingerprint density at radius 2 is 1.57 bits per heavy atom. The second kappa shape index (κ2) is 11.2. The molecule has 6 aromatic rings. The lowest BCUT2D eigenvalue weighted by molar-refractivity contribution is -0.114. The van der Waals surface area contributed by atoms with Crippen LogP contribution in [-0.4, -0.2) is 31.2 Å². The third-order valence-corrected chi connectivity index (χ3v) is 6.94. The van der Waals surface area contributed by atoms with Gasteiger partial charge in [0.1, 0.15) is 22.9 Å². The second-order valence-corrected chi connectivity index (χ2v) is 10.0. The molecule has 0 atom stereocenters. The Bertz CT molecular complexity index is 1950. The highest BCUT2D eigenvalue weighted by Crippen LogP contribution is 2.35. The summed E-state index contributed by atoms with van der Waals surface area (Å²) in [5.74, 6) is -2.65. The fraction of sp³-hybridized carbons (Fsp3) is 0.0333. The minimum atomic E-state index is -0.949. The number of nitrogens with zero attached hydrogens (tertiary/aromatic N) is 4. The number of nitrogens with one attached hydrogen (secondary N) is 3. The van der Waals surface area contributed by atoms with E-state index in [1.165, 1.54) is 24.3 Å². The summed E-state index contributed by atoms with van der Waals surface area (Å²) in [5, 5.41) is 10.4. The van der Waals surface area contributed by atoms with Crippen molar-refractivity contribution in [3.05, 3.63) is 108 Å². The van der Waals surface area contributed by atoms with Crippen molar-refractivity contribution in [1.29, 1.82) is 0 Å². The molecule has 2 amide bonds. The SMILES string of the molecule is CC(=O)Nc1cccc(Nc2nccc(-c3c(-c4cccc(NC(=O)c5c(F)cccc5F)c4)nc4sccn34)n2)c1. The van der Waals surface area contributed by atoms with Crippen LogP contribution in [0.15, 0.2) is 90.6 Å². The van der Waals surface area contributed by atoms with Gasteiger partial charge in [-0.1, -0.05) is 24.3 Å². The molecule has 0 aliphatic heterocycles. The number of fused-ring (bicyclic) bond motifs is 1. The Morgan fingerprint density at radius 3 is 2.36 bits per heavy atom. The van der Waals surface area contributed by atoms with Gasteiger partial charge in [-0.25, -0.2) is 23.7 Å². The Balaban J connectivity index is 1.34. The van der Waals surface area contributed by atoms with Crippen molar-refractivity contribution in [2.45, 2.75) is 6.92 Å². The van der Waals surface area contributed by atoms with E-state index in [0.717, 1.165) is 17.1 Å². The van der Waals surface area contributed by atoms with E-state index < -0.39 is 23.1 Å². The van der Waals surface area contributed by atoms with Crippen molar-refractivity contribution in [1.82, 2.24) is 19.4 Å². The van der Waals surface area contributed by atoms with Gasteiger partial charge >= 0.3 is 0 Å². The minimum Gasteiger partial charge on any atom is -0.326 e. The minimum absolute atomic E-state index is 0.179. The van der Waals surface area contributed by atoms with E-state index in [4.69, 9.17) is 9.97 Å². The van der Waals surface area contributed by atoms with Gasteiger partial charge in [0.15, 0.2) is 4.96 Å². The number of aromatic nitrogens is 4. The molecule has 3 N–H and O–H groups in total. The summed E-state index contributed by atoms with van der Waals surface area (Å²) in [5.41, 5.74) is 3.51. The monoisotopic (exact) mass is 581 g/mol. The summed E-state index contributed by atoms with van der Waals surface area (Å²) in [6, 6.07) is 19.0. The number of rotatable bonds is 7. The lowest BCUT2D eigenvalue weighted by Gasteiger charge is -2.10. The molecule has 42 heavy (non-hydrogen) atoms. The molecule has 3 aromatic carbocycles. The van der Waals surface area contributed by atoms with Crippen molar-refractivity contribution in [3.63, 3.8) is 0 Å². The molecule has 0 radical (unpaired) electrons. The summed E-state index contributed by atoms with van der Waals surface area (Å²) in [7, 11) is 0. The molecular formula is C30H21F2N7O2S. The summed E-state index contributed by atoms with van der Waals surface area (Å²) in [6.45, 7) is 1.44. The number of thiazole rings is 1. The van der Waals surface area contributed by atoms with E-state index in [9.17, 15) is 18.4 Å². The van der Waals surface area contributed by atoms with Crippen LogP contribution in [0, 0.1) is 11.6 Å². The summed E-state index contributed by atoms with van der Waals surface area (Å²) >= 11 is 1.45. The summed E-state index contributed by atoms with van der Waals surface area (Å²) < 4.78 is 30.2. The lowest BCUT2D eigenvalue weighted by Crippen LogP contribution is -2.15. The van der Waals surface area contributed by atoms with Gasteiger partial charge in [-0.2, -0.15) is 0 Å². The molecule has 0 fully saturated rings. The van der Waals surface area contributed by atoms with Crippen molar-refractivity contribution in [3.8, 4) is 22.6 Å². The first kappa shape index (κ1) is 26.7. The number of halogens is 2. The van der Waals surface area contributed by atoms with Gasteiger partial charge in [0.05, 0.1) is 11.4 Å². The van der Waals surface area contributed by atoms with Crippen molar-refractivity contribution in [2.24, 2.45) is 0 Å². The van der Waals surface area contributed by atoms with Crippen LogP contribution < -0.4 is 16.0 Å². The normalized spacial score (nSPS) is 10.9. The number of imidazole rings is 1. The summed E-state index contributed by atoms with van der Waals surface area (Å²) in [6.07, 6.45) is 3.50. The van der Waals surface area contributed by atoms with E-state index in [-0.39, 0.29) is 5.91 Å². The molecule has 6 rings (SSSR count). The van der Waals surface area contributed by atoms with Crippen LogP contribution in [0.1, 0.15) is 17.3 Å². The number of hydrogen-bond donors (Lipinski definition) is 3. The van der Waals surface area contributed by atoms with Crippen LogP contribution in [-0.2, 0) is 4.79 Å². The first-order chi connectivity index (χ1) is 20.4. The zero-order valence-electron chi connectivity index (χ0n) is 21.9.